The van der Waals surface area contributed by atoms with Crippen molar-refractivity contribution in [3.63, 3.8) is 0 Å². The Balaban J connectivity index is 2.40. The third kappa shape index (κ3) is 3.52. The van der Waals surface area contributed by atoms with Gasteiger partial charge in [0.05, 0.1) is 17.6 Å². The van der Waals surface area contributed by atoms with Gasteiger partial charge in [0, 0.05) is 22.7 Å². The van der Waals surface area contributed by atoms with Crippen LogP contribution in [0.4, 0.5) is 5.69 Å². The molecule has 1 unspecified atom stereocenters. The van der Waals surface area contributed by atoms with Gasteiger partial charge in [-0.3, -0.25) is 14.9 Å². The van der Waals surface area contributed by atoms with Crippen LogP contribution in [0.1, 0.15) is 33.9 Å². The summed E-state index contributed by atoms with van der Waals surface area (Å²) in [5.41, 5.74) is 0.500. The van der Waals surface area contributed by atoms with Gasteiger partial charge in [0.2, 0.25) is 0 Å². The smallest absolute Gasteiger partial charge is 0.311 e. The van der Waals surface area contributed by atoms with Gasteiger partial charge >= 0.3 is 5.69 Å². The molecule has 0 saturated heterocycles. The lowest BCUT2D eigenvalue weighted by molar-refractivity contribution is -0.385. The van der Waals surface area contributed by atoms with E-state index in [1.165, 1.54) is 23.5 Å². The Kier molecular flexibility index (Phi) is 5.03. The molecule has 7 nitrogen and oxygen atoms in total. The molecule has 23 heavy (non-hydrogen) atoms. The number of carbonyl (C=O) groups excluding carboxylic acids is 1. The highest BCUT2D eigenvalue weighted by Crippen LogP contribution is 2.31. The molecule has 0 fully saturated rings. The second-order valence-corrected chi connectivity index (χ2v) is 5.52. The first-order valence-electron chi connectivity index (χ1n) is 6.75. The predicted molar refractivity (Wildman–Crippen MR) is 83.8 cm³/mol. The third-order valence-corrected chi connectivity index (χ3v) is 4.04. The molecule has 0 spiro atoms. The summed E-state index contributed by atoms with van der Waals surface area (Å²) < 4.78 is 5.18. The molecule has 1 heterocycles. The molecule has 8 heteroatoms. The Hall–Kier alpha value is -2.79. The number of ether oxygens (including phenoxy) is 1. The van der Waals surface area contributed by atoms with Crippen molar-refractivity contribution in [2.24, 2.45) is 0 Å². The molecule has 1 aromatic carbocycles. The number of hydrogen-bond donors (Lipinski definition) is 0. The SMILES string of the molecule is CCOc1ccc(C(=O)C(C#N)c2nc(C)cs2)cc1[N+](=O)[O-]. The van der Waals surface area contributed by atoms with Crippen molar-refractivity contribution in [3.05, 3.63) is 50.0 Å². The first-order chi connectivity index (χ1) is 11.0. The summed E-state index contributed by atoms with van der Waals surface area (Å²) in [4.78, 5) is 27.2. The molecule has 0 radical (unpaired) electrons. The van der Waals surface area contributed by atoms with Crippen molar-refractivity contribution in [1.29, 1.82) is 5.26 Å². The maximum Gasteiger partial charge on any atom is 0.311 e. The van der Waals surface area contributed by atoms with Crippen LogP contribution in [0, 0.1) is 28.4 Å². The van der Waals surface area contributed by atoms with Crippen molar-refractivity contribution < 1.29 is 14.5 Å². The first-order valence-corrected chi connectivity index (χ1v) is 7.63. The molecule has 0 aliphatic carbocycles. The van der Waals surface area contributed by atoms with E-state index in [-0.39, 0.29) is 23.6 Å². The van der Waals surface area contributed by atoms with Gasteiger partial charge in [0.15, 0.2) is 17.5 Å². The fraction of sp³-hybridized carbons (Fsp3) is 0.267. The van der Waals surface area contributed by atoms with Crippen molar-refractivity contribution in [1.82, 2.24) is 4.98 Å². The van der Waals surface area contributed by atoms with E-state index in [9.17, 15) is 20.2 Å². The van der Waals surface area contributed by atoms with Gasteiger partial charge in [0.1, 0.15) is 5.01 Å². The molecule has 1 atom stereocenters. The van der Waals surface area contributed by atoms with Crippen LogP contribution in [0.2, 0.25) is 0 Å². The largest absolute Gasteiger partial charge is 0.487 e. The summed E-state index contributed by atoms with van der Waals surface area (Å²) in [6.07, 6.45) is 0. The van der Waals surface area contributed by atoms with E-state index < -0.39 is 16.6 Å². The normalized spacial score (nSPS) is 11.5. The molecule has 0 aliphatic rings. The molecular formula is C15H13N3O4S. The van der Waals surface area contributed by atoms with Crippen LogP contribution in [0.5, 0.6) is 5.75 Å². The van der Waals surface area contributed by atoms with Crippen LogP contribution in [-0.4, -0.2) is 22.3 Å². The maximum atomic E-state index is 12.5. The van der Waals surface area contributed by atoms with E-state index in [1.54, 1.807) is 19.2 Å². The summed E-state index contributed by atoms with van der Waals surface area (Å²) in [5.74, 6) is -1.51. The quantitative estimate of drug-likeness (QED) is 0.457. The Morgan fingerprint density at radius 1 is 1.57 bits per heavy atom. The molecule has 0 amide bonds. The van der Waals surface area contributed by atoms with Crippen LogP contribution in [0.25, 0.3) is 0 Å². The molecule has 0 bridgehead atoms. The highest BCUT2D eigenvalue weighted by atomic mass is 32.1. The number of nitro groups is 1. The molecule has 0 aliphatic heterocycles. The number of nitriles is 1. The Bertz CT molecular complexity index is 794. The van der Waals surface area contributed by atoms with E-state index >= 15 is 0 Å². The van der Waals surface area contributed by atoms with Crippen molar-refractivity contribution in [2.45, 2.75) is 19.8 Å². The standard InChI is InChI=1S/C15H13N3O4S/c1-3-22-13-5-4-10(6-12(13)18(20)21)14(19)11(7-16)15-17-9(2)8-23-15/h4-6,8,11H,3H2,1-2H3. The number of ketones is 1. The number of hydrogen-bond acceptors (Lipinski definition) is 7. The lowest BCUT2D eigenvalue weighted by Crippen LogP contribution is -2.12. The number of nitrogens with zero attached hydrogens (tertiary/aromatic N) is 3. The molecular weight excluding hydrogens is 318 g/mol. The minimum Gasteiger partial charge on any atom is -0.487 e. The fourth-order valence-corrected chi connectivity index (χ4v) is 2.82. The number of aromatic nitrogens is 1. The van der Waals surface area contributed by atoms with Crippen LogP contribution in [-0.2, 0) is 0 Å². The van der Waals surface area contributed by atoms with Crippen LogP contribution in [0.3, 0.4) is 0 Å². The summed E-state index contributed by atoms with van der Waals surface area (Å²) in [6, 6.07) is 5.85. The second kappa shape index (κ2) is 6.98. The summed E-state index contributed by atoms with van der Waals surface area (Å²) in [7, 11) is 0. The summed E-state index contributed by atoms with van der Waals surface area (Å²) in [6.45, 7) is 3.74. The van der Waals surface area contributed by atoms with E-state index in [1.807, 2.05) is 6.07 Å². The molecule has 2 rings (SSSR count). The maximum absolute atomic E-state index is 12.5. The fourth-order valence-electron chi connectivity index (χ4n) is 1.99. The van der Waals surface area contributed by atoms with Gasteiger partial charge in [-0.1, -0.05) is 0 Å². The van der Waals surface area contributed by atoms with Crippen LogP contribution >= 0.6 is 11.3 Å². The predicted octanol–water partition coefficient (Wildman–Crippen LogP) is 3.25. The molecule has 118 valence electrons. The van der Waals surface area contributed by atoms with Crippen molar-refractivity contribution >= 4 is 22.8 Å². The zero-order chi connectivity index (χ0) is 17.0. The number of aryl methyl sites for hydroxylation is 1. The van der Waals surface area contributed by atoms with E-state index in [0.29, 0.717) is 5.01 Å². The van der Waals surface area contributed by atoms with Gasteiger partial charge in [0.25, 0.3) is 0 Å². The average Bonchev–Trinajstić information content (AvgIpc) is 2.94. The summed E-state index contributed by atoms with van der Waals surface area (Å²) in [5, 5.41) is 22.5. The van der Waals surface area contributed by atoms with Crippen LogP contribution in [0.15, 0.2) is 23.6 Å². The second-order valence-electron chi connectivity index (χ2n) is 4.63. The Labute approximate surface area is 136 Å². The van der Waals surface area contributed by atoms with E-state index in [0.717, 1.165) is 11.8 Å². The number of nitro benzene ring substituents is 1. The highest BCUT2D eigenvalue weighted by molar-refractivity contribution is 7.10. The zero-order valence-corrected chi connectivity index (χ0v) is 13.3. The number of rotatable bonds is 6. The van der Waals surface area contributed by atoms with E-state index in [4.69, 9.17) is 4.74 Å². The highest BCUT2D eigenvalue weighted by Gasteiger charge is 2.27. The van der Waals surface area contributed by atoms with Crippen molar-refractivity contribution in [3.8, 4) is 11.8 Å². The molecule has 2 aromatic rings. The zero-order valence-electron chi connectivity index (χ0n) is 12.5. The minimum atomic E-state index is -1.08. The topological polar surface area (TPSA) is 106 Å². The number of thiazole rings is 1. The minimum absolute atomic E-state index is 0.0829. The van der Waals surface area contributed by atoms with Gasteiger partial charge in [-0.2, -0.15) is 5.26 Å². The summed E-state index contributed by atoms with van der Waals surface area (Å²) >= 11 is 1.21. The molecule has 0 N–H and O–H groups in total. The Morgan fingerprint density at radius 3 is 2.83 bits per heavy atom. The van der Waals surface area contributed by atoms with Gasteiger partial charge in [-0.25, -0.2) is 4.98 Å². The van der Waals surface area contributed by atoms with Crippen LogP contribution < -0.4 is 4.74 Å². The van der Waals surface area contributed by atoms with Crippen molar-refractivity contribution in [2.75, 3.05) is 6.61 Å². The lowest BCUT2D eigenvalue weighted by Gasteiger charge is -2.08. The van der Waals surface area contributed by atoms with Gasteiger partial charge in [-0.05, 0) is 26.0 Å². The average molecular weight is 331 g/mol. The monoisotopic (exact) mass is 331 g/mol. The third-order valence-electron chi connectivity index (χ3n) is 3.02. The number of carbonyl (C=O) groups is 1. The number of benzene rings is 1. The number of Topliss-reactive ketones (excluding diaryl/α,β-unsaturated/α-hetero) is 1. The Morgan fingerprint density at radius 2 is 2.30 bits per heavy atom. The first kappa shape index (κ1) is 16.6. The molecule has 1 aromatic heterocycles. The van der Waals surface area contributed by atoms with Gasteiger partial charge < -0.3 is 4.74 Å². The van der Waals surface area contributed by atoms with Gasteiger partial charge in [-0.15, -0.1) is 11.3 Å². The van der Waals surface area contributed by atoms with E-state index in [2.05, 4.69) is 4.98 Å². The molecule has 0 saturated carbocycles. The lowest BCUT2D eigenvalue weighted by atomic mass is 9.99.